The van der Waals surface area contributed by atoms with E-state index in [0.29, 0.717) is 12.2 Å². The van der Waals surface area contributed by atoms with Gasteiger partial charge in [-0.15, -0.1) is 0 Å². The lowest BCUT2D eigenvalue weighted by atomic mass is 9.64. The predicted molar refractivity (Wildman–Crippen MR) is 81.8 cm³/mol. The van der Waals surface area contributed by atoms with Crippen LogP contribution in [0.3, 0.4) is 0 Å². The molecule has 0 radical (unpaired) electrons. The highest BCUT2D eigenvalue weighted by Crippen LogP contribution is 2.72. The largest absolute Gasteiger partial charge is 0.393 e. The molecule has 2 aliphatic rings. The number of pyridine rings is 1. The SMILES string of the molecule is Cc1cccc(NC(=O)[C@@]23CC[C@](C)([C@H](O)C2)C3(C)C)n1. The molecule has 0 aliphatic heterocycles. The second kappa shape index (κ2) is 4.29. The normalized spacial score (nSPS) is 36.7. The predicted octanol–water partition coefficient (Wildman–Crippen LogP) is 2.91. The summed E-state index contributed by atoms with van der Waals surface area (Å²) in [5, 5.41) is 13.4. The van der Waals surface area contributed by atoms with Crippen LogP contribution in [0.15, 0.2) is 18.2 Å². The molecule has 0 saturated heterocycles. The second-order valence-electron chi connectivity index (χ2n) is 7.46. The molecule has 2 fully saturated rings. The van der Waals surface area contributed by atoms with E-state index in [4.69, 9.17) is 0 Å². The third kappa shape index (κ3) is 1.71. The van der Waals surface area contributed by atoms with Crippen molar-refractivity contribution in [1.82, 2.24) is 4.98 Å². The van der Waals surface area contributed by atoms with Crippen LogP contribution in [-0.4, -0.2) is 22.1 Å². The fourth-order valence-corrected chi connectivity index (χ4v) is 4.48. The Morgan fingerprint density at radius 1 is 1.33 bits per heavy atom. The van der Waals surface area contributed by atoms with Crippen molar-refractivity contribution in [3.8, 4) is 0 Å². The summed E-state index contributed by atoms with van der Waals surface area (Å²) in [4.78, 5) is 17.3. The first-order valence-corrected chi connectivity index (χ1v) is 7.66. The molecule has 2 saturated carbocycles. The zero-order valence-corrected chi connectivity index (χ0v) is 13.2. The van der Waals surface area contributed by atoms with E-state index in [0.717, 1.165) is 18.5 Å². The lowest BCUT2D eigenvalue weighted by Gasteiger charge is -2.40. The van der Waals surface area contributed by atoms with Crippen LogP contribution in [-0.2, 0) is 4.79 Å². The summed E-state index contributed by atoms with van der Waals surface area (Å²) in [5.41, 5.74) is -0.00289. The zero-order chi connectivity index (χ0) is 15.5. The number of aryl methyl sites for hydroxylation is 1. The van der Waals surface area contributed by atoms with Gasteiger partial charge >= 0.3 is 0 Å². The Bertz CT molecular complexity index is 598. The van der Waals surface area contributed by atoms with E-state index in [1.807, 2.05) is 25.1 Å². The second-order valence-corrected chi connectivity index (χ2v) is 7.46. The van der Waals surface area contributed by atoms with Gasteiger partial charge in [-0.3, -0.25) is 4.79 Å². The van der Waals surface area contributed by atoms with Crippen molar-refractivity contribution < 1.29 is 9.90 Å². The van der Waals surface area contributed by atoms with Crippen LogP contribution >= 0.6 is 0 Å². The number of anilines is 1. The average molecular weight is 288 g/mol. The van der Waals surface area contributed by atoms with Gasteiger partial charge < -0.3 is 10.4 Å². The molecule has 0 aromatic carbocycles. The van der Waals surface area contributed by atoms with Gasteiger partial charge in [0, 0.05) is 5.69 Å². The minimum absolute atomic E-state index is 0.00544. The minimum Gasteiger partial charge on any atom is -0.393 e. The molecule has 1 amide bonds. The topological polar surface area (TPSA) is 62.2 Å². The molecular formula is C17H24N2O2. The average Bonchev–Trinajstić information content (AvgIpc) is 2.69. The fourth-order valence-electron chi connectivity index (χ4n) is 4.48. The Balaban J connectivity index is 1.91. The van der Waals surface area contributed by atoms with Crippen LogP contribution in [0.5, 0.6) is 0 Å². The van der Waals surface area contributed by atoms with Crippen LogP contribution in [0.2, 0.25) is 0 Å². The zero-order valence-electron chi connectivity index (χ0n) is 13.2. The Morgan fingerprint density at radius 2 is 2.05 bits per heavy atom. The summed E-state index contributed by atoms with van der Waals surface area (Å²) < 4.78 is 0. The molecule has 0 spiro atoms. The molecule has 1 aromatic rings. The van der Waals surface area contributed by atoms with E-state index in [-0.39, 0.29) is 16.7 Å². The number of aromatic nitrogens is 1. The van der Waals surface area contributed by atoms with Gasteiger partial charge in [0.25, 0.3) is 0 Å². The summed E-state index contributed by atoms with van der Waals surface area (Å²) in [7, 11) is 0. The smallest absolute Gasteiger partial charge is 0.232 e. The standard InChI is InChI=1S/C17H24N2O2/c1-11-6-5-7-13(18-11)19-14(21)17-9-8-16(4,12(20)10-17)15(17,2)3/h5-7,12,20H,8-10H2,1-4H3,(H,18,19,21)/t12-,16-,17-/m1/s1. The van der Waals surface area contributed by atoms with Crippen LogP contribution in [0.1, 0.15) is 45.7 Å². The Labute approximate surface area is 126 Å². The molecule has 1 heterocycles. The first-order valence-electron chi connectivity index (χ1n) is 7.66. The molecule has 2 N–H and O–H groups in total. The highest BCUT2D eigenvalue weighted by atomic mass is 16.3. The molecule has 2 bridgehead atoms. The first-order chi connectivity index (χ1) is 9.73. The number of hydrogen-bond acceptors (Lipinski definition) is 3. The van der Waals surface area contributed by atoms with E-state index in [2.05, 4.69) is 31.1 Å². The van der Waals surface area contributed by atoms with Crippen molar-refractivity contribution in [2.75, 3.05) is 5.32 Å². The summed E-state index contributed by atoms with van der Waals surface area (Å²) >= 11 is 0. The van der Waals surface area contributed by atoms with Crippen LogP contribution in [0, 0.1) is 23.2 Å². The Hall–Kier alpha value is -1.42. The molecular weight excluding hydrogens is 264 g/mol. The van der Waals surface area contributed by atoms with Gasteiger partial charge in [0.1, 0.15) is 5.82 Å². The molecule has 114 valence electrons. The maximum absolute atomic E-state index is 12.9. The lowest BCUT2D eigenvalue weighted by Crippen LogP contribution is -2.43. The highest BCUT2D eigenvalue weighted by molar-refractivity contribution is 5.96. The van der Waals surface area contributed by atoms with Gasteiger partial charge in [0.2, 0.25) is 5.91 Å². The van der Waals surface area contributed by atoms with Gasteiger partial charge in [-0.25, -0.2) is 4.98 Å². The summed E-state index contributed by atoms with van der Waals surface area (Å²) in [6.45, 7) is 8.27. The molecule has 21 heavy (non-hydrogen) atoms. The third-order valence-corrected chi connectivity index (χ3v) is 6.54. The Morgan fingerprint density at radius 3 is 2.57 bits per heavy atom. The number of rotatable bonds is 2. The molecule has 1 aromatic heterocycles. The van der Waals surface area contributed by atoms with E-state index in [1.165, 1.54) is 0 Å². The molecule has 4 heteroatoms. The van der Waals surface area contributed by atoms with Crippen molar-refractivity contribution in [3.63, 3.8) is 0 Å². The molecule has 2 aliphatic carbocycles. The molecule has 3 atom stereocenters. The van der Waals surface area contributed by atoms with E-state index < -0.39 is 11.5 Å². The molecule has 4 nitrogen and oxygen atoms in total. The number of fused-ring (bicyclic) bond motifs is 2. The number of aliphatic hydroxyl groups excluding tert-OH is 1. The number of nitrogens with zero attached hydrogens (tertiary/aromatic N) is 1. The maximum Gasteiger partial charge on any atom is 0.232 e. The molecule has 0 unspecified atom stereocenters. The minimum atomic E-state index is -0.493. The summed E-state index contributed by atoms with van der Waals surface area (Å²) in [5.74, 6) is 0.603. The van der Waals surface area contributed by atoms with Gasteiger partial charge in [-0.1, -0.05) is 26.8 Å². The van der Waals surface area contributed by atoms with Gasteiger partial charge in [0.15, 0.2) is 0 Å². The third-order valence-electron chi connectivity index (χ3n) is 6.54. The first kappa shape index (κ1) is 14.5. The van der Waals surface area contributed by atoms with Crippen LogP contribution in [0.25, 0.3) is 0 Å². The van der Waals surface area contributed by atoms with Gasteiger partial charge in [-0.2, -0.15) is 0 Å². The Kier molecular flexibility index (Phi) is 2.97. The number of carbonyl (C=O) groups excluding carboxylic acids is 1. The number of carbonyl (C=O) groups is 1. The fraction of sp³-hybridized carbons (Fsp3) is 0.647. The van der Waals surface area contributed by atoms with Crippen LogP contribution in [0.4, 0.5) is 5.82 Å². The quantitative estimate of drug-likeness (QED) is 0.879. The highest BCUT2D eigenvalue weighted by Gasteiger charge is 2.72. The number of nitrogens with one attached hydrogen (secondary N) is 1. The van der Waals surface area contributed by atoms with Crippen molar-refractivity contribution in [3.05, 3.63) is 23.9 Å². The van der Waals surface area contributed by atoms with Crippen molar-refractivity contribution in [2.24, 2.45) is 16.2 Å². The van der Waals surface area contributed by atoms with E-state index in [9.17, 15) is 9.90 Å². The monoisotopic (exact) mass is 288 g/mol. The number of aliphatic hydroxyl groups is 1. The summed E-state index contributed by atoms with van der Waals surface area (Å²) in [6.07, 6.45) is 1.88. The van der Waals surface area contributed by atoms with Crippen molar-refractivity contribution in [2.45, 2.75) is 53.1 Å². The number of amides is 1. The van der Waals surface area contributed by atoms with Gasteiger partial charge in [0.05, 0.1) is 11.5 Å². The van der Waals surface area contributed by atoms with Crippen molar-refractivity contribution >= 4 is 11.7 Å². The van der Waals surface area contributed by atoms with Crippen molar-refractivity contribution in [1.29, 1.82) is 0 Å². The maximum atomic E-state index is 12.9. The lowest BCUT2D eigenvalue weighted by molar-refractivity contribution is -0.130. The number of hydrogen-bond donors (Lipinski definition) is 2. The molecule has 3 rings (SSSR count). The van der Waals surface area contributed by atoms with Crippen LogP contribution < -0.4 is 5.32 Å². The van der Waals surface area contributed by atoms with E-state index in [1.54, 1.807) is 0 Å². The summed E-state index contributed by atoms with van der Waals surface area (Å²) in [6, 6.07) is 5.61. The van der Waals surface area contributed by atoms with Gasteiger partial charge in [-0.05, 0) is 49.1 Å². The van der Waals surface area contributed by atoms with E-state index >= 15 is 0 Å².